The molecule has 10 nitrogen and oxygen atoms in total. The topological polar surface area (TPSA) is 115 Å². The Labute approximate surface area is 279 Å². The van der Waals surface area contributed by atoms with E-state index in [0.717, 1.165) is 13.6 Å². The van der Waals surface area contributed by atoms with Gasteiger partial charge in [0.15, 0.2) is 22.9 Å². The van der Waals surface area contributed by atoms with Crippen LogP contribution in [0.15, 0.2) is 68.5 Å². The summed E-state index contributed by atoms with van der Waals surface area (Å²) in [6, 6.07) is 7.96. The van der Waals surface area contributed by atoms with Gasteiger partial charge in [0, 0.05) is 0 Å². The zero-order valence-electron chi connectivity index (χ0n) is 24.5. The van der Waals surface area contributed by atoms with Crippen LogP contribution in [-0.4, -0.2) is 50.0 Å². The first-order valence-corrected chi connectivity index (χ1v) is 16.2. The smallest absolute Gasteiger partial charge is 0.343 e. The quantitative estimate of drug-likeness (QED) is 0.148. The molecule has 0 N–H and O–H groups in total. The molecule has 1 aliphatic rings. The van der Waals surface area contributed by atoms with E-state index in [1.807, 2.05) is 19.1 Å². The van der Waals surface area contributed by atoms with E-state index in [9.17, 15) is 14.4 Å². The van der Waals surface area contributed by atoms with Gasteiger partial charge in [-0.3, -0.25) is 9.36 Å². The molecule has 0 spiro atoms. The zero-order chi connectivity index (χ0) is 32.0. The third-order valence-corrected chi connectivity index (χ3v) is 8.71. The Morgan fingerprint density at radius 3 is 2.57 bits per heavy atom. The molecule has 13 heteroatoms. The van der Waals surface area contributed by atoms with Crippen molar-refractivity contribution < 1.29 is 33.3 Å². The standard InChI is InChI=1S/C31H30BrIN2O8S/c1-6-11-42-28-20(32)12-18(13-21(28)33)14-24-29(37)35-27(26(30(38)41-8-3)17(4)34-31(35)44-24)19-9-10-22(23(15-19)40-7-2)43-16-25(36)39-5/h6,9-10,12-15,27H,1,7-8,11,16H2,2-5H3/b24-14-/t27-/m0/s1. The number of nitrogens with zero attached hydrogens (tertiary/aromatic N) is 2. The number of allylic oxidation sites excluding steroid dienone is 1. The van der Waals surface area contributed by atoms with Crippen LogP contribution in [0.3, 0.4) is 0 Å². The second-order valence-corrected chi connectivity index (χ2v) is 12.2. The first kappa shape index (κ1) is 33.5. The van der Waals surface area contributed by atoms with Crippen LogP contribution in [-0.2, 0) is 19.1 Å². The minimum Gasteiger partial charge on any atom is -0.490 e. The summed E-state index contributed by atoms with van der Waals surface area (Å²) in [6.45, 7) is 9.44. The summed E-state index contributed by atoms with van der Waals surface area (Å²) in [5, 5.41) is 0. The van der Waals surface area contributed by atoms with Crippen LogP contribution in [0.1, 0.15) is 37.9 Å². The normalized spacial score (nSPS) is 14.4. The van der Waals surface area contributed by atoms with Crippen molar-refractivity contribution in [1.82, 2.24) is 4.57 Å². The monoisotopic (exact) mass is 796 g/mol. The molecule has 0 saturated carbocycles. The Bertz CT molecular complexity index is 1790. The minimum absolute atomic E-state index is 0.150. The summed E-state index contributed by atoms with van der Waals surface area (Å²) in [6.07, 6.45) is 3.45. The second kappa shape index (κ2) is 15.0. The maximum Gasteiger partial charge on any atom is 0.343 e. The Morgan fingerprint density at radius 1 is 1.14 bits per heavy atom. The molecule has 2 heterocycles. The number of hydrogen-bond acceptors (Lipinski definition) is 10. The lowest BCUT2D eigenvalue weighted by Crippen LogP contribution is -2.40. The van der Waals surface area contributed by atoms with Crippen molar-refractivity contribution in [3.63, 3.8) is 0 Å². The highest BCUT2D eigenvalue weighted by molar-refractivity contribution is 14.1. The molecule has 44 heavy (non-hydrogen) atoms. The van der Waals surface area contributed by atoms with Gasteiger partial charge in [-0.15, -0.1) is 0 Å². The number of halogens is 2. The third kappa shape index (κ3) is 7.26. The average molecular weight is 797 g/mol. The molecule has 1 aliphatic heterocycles. The van der Waals surface area contributed by atoms with Crippen LogP contribution in [0.5, 0.6) is 17.2 Å². The number of thiazole rings is 1. The van der Waals surface area contributed by atoms with Crippen molar-refractivity contribution >= 4 is 67.9 Å². The summed E-state index contributed by atoms with van der Waals surface area (Å²) < 4.78 is 30.8. The molecule has 0 unspecified atom stereocenters. The summed E-state index contributed by atoms with van der Waals surface area (Å²) >= 11 is 6.96. The number of fused-ring (bicyclic) bond motifs is 1. The van der Waals surface area contributed by atoms with Crippen molar-refractivity contribution in [2.24, 2.45) is 4.99 Å². The molecule has 0 radical (unpaired) electrons. The maximum absolute atomic E-state index is 14.1. The van der Waals surface area contributed by atoms with E-state index in [-0.39, 0.29) is 24.3 Å². The predicted molar refractivity (Wildman–Crippen MR) is 178 cm³/mol. The highest BCUT2D eigenvalue weighted by Gasteiger charge is 2.34. The number of carbonyl (C=O) groups excluding carboxylic acids is 2. The van der Waals surface area contributed by atoms with Gasteiger partial charge in [-0.2, -0.15) is 0 Å². The third-order valence-electron chi connectivity index (χ3n) is 6.34. The largest absolute Gasteiger partial charge is 0.490 e. The van der Waals surface area contributed by atoms with Gasteiger partial charge < -0.3 is 23.7 Å². The first-order valence-electron chi connectivity index (χ1n) is 13.5. The summed E-state index contributed by atoms with van der Waals surface area (Å²) in [7, 11) is 1.27. The second-order valence-electron chi connectivity index (χ2n) is 9.22. The number of methoxy groups -OCH3 is 1. The van der Waals surface area contributed by atoms with Crippen molar-refractivity contribution in [1.29, 1.82) is 0 Å². The predicted octanol–water partition coefficient (Wildman–Crippen LogP) is 4.68. The fraction of sp³-hybridized carbons (Fsp3) is 0.290. The Morgan fingerprint density at radius 2 is 1.91 bits per heavy atom. The molecule has 4 rings (SSSR count). The molecule has 2 aromatic carbocycles. The highest BCUT2D eigenvalue weighted by Crippen LogP contribution is 2.37. The SMILES string of the molecule is C=CCOc1c(Br)cc(/C=c2\sc3n(c2=O)[C@@H](c2ccc(OCC(=O)OC)c(OCC)c2)C(C(=O)OCC)=C(C)N=3)cc1I. The number of esters is 2. The molecule has 232 valence electrons. The van der Waals surface area contributed by atoms with E-state index in [1.54, 1.807) is 44.2 Å². The fourth-order valence-electron chi connectivity index (χ4n) is 4.48. The number of carbonyl (C=O) groups is 2. The van der Waals surface area contributed by atoms with E-state index >= 15 is 0 Å². The molecular formula is C31H30BrIN2O8S. The summed E-state index contributed by atoms with van der Waals surface area (Å²) in [5.41, 5.74) is 1.70. The Balaban J connectivity index is 1.88. The van der Waals surface area contributed by atoms with E-state index in [0.29, 0.717) is 51.1 Å². The first-order chi connectivity index (χ1) is 21.1. The van der Waals surface area contributed by atoms with Gasteiger partial charge in [-0.1, -0.05) is 30.1 Å². The molecule has 1 aromatic heterocycles. The van der Waals surface area contributed by atoms with Crippen LogP contribution in [0, 0.1) is 3.57 Å². The highest BCUT2D eigenvalue weighted by atomic mass is 127. The van der Waals surface area contributed by atoms with Crippen LogP contribution < -0.4 is 29.1 Å². The van der Waals surface area contributed by atoms with Crippen molar-refractivity contribution in [2.45, 2.75) is 26.8 Å². The molecule has 0 fully saturated rings. The van der Waals surface area contributed by atoms with E-state index in [2.05, 4.69) is 54.8 Å². The van der Waals surface area contributed by atoms with E-state index < -0.39 is 18.0 Å². The van der Waals surface area contributed by atoms with Gasteiger partial charge in [-0.05, 0) is 101 Å². The minimum atomic E-state index is -0.858. The molecular weight excluding hydrogens is 767 g/mol. The van der Waals surface area contributed by atoms with Gasteiger partial charge in [-0.25, -0.2) is 14.6 Å². The van der Waals surface area contributed by atoms with Gasteiger partial charge in [0.2, 0.25) is 0 Å². The summed E-state index contributed by atoms with van der Waals surface area (Å²) in [4.78, 5) is 44.1. The number of rotatable bonds is 12. The van der Waals surface area contributed by atoms with Crippen LogP contribution in [0.25, 0.3) is 6.08 Å². The van der Waals surface area contributed by atoms with Crippen molar-refractivity contribution in [2.75, 3.05) is 33.5 Å². The lowest BCUT2D eigenvalue weighted by Gasteiger charge is -2.25. The summed E-state index contributed by atoms with van der Waals surface area (Å²) in [5.74, 6) is 0.209. The molecule has 0 bridgehead atoms. The average Bonchev–Trinajstić information content (AvgIpc) is 3.29. The molecule has 1 atom stereocenters. The van der Waals surface area contributed by atoms with E-state index in [1.165, 1.54) is 23.0 Å². The molecule has 3 aromatic rings. The number of ether oxygens (including phenoxy) is 5. The number of benzene rings is 2. The lowest BCUT2D eigenvalue weighted by atomic mass is 9.95. The maximum atomic E-state index is 14.1. The number of hydrogen-bond donors (Lipinski definition) is 0. The van der Waals surface area contributed by atoms with E-state index in [4.69, 9.17) is 18.9 Å². The van der Waals surface area contributed by atoms with Gasteiger partial charge in [0.05, 0.1) is 50.2 Å². The van der Waals surface area contributed by atoms with Crippen molar-refractivity contribution in [3.8, 4) is 17.2 Å². The Hall–Kier alpha value is -3.43. The van der Waals surface area contributed by atoms with Crippen molar-refractivity contribution in [3.05, 3.63) is 93.1 Å². The van der Waals surface area contributed by atoms with Gasteiger partial charge in [0.25, 0.3) is 5.56 Å². The van der Waals surface area contributed by atoms with Gasteiger partial charge in [0.1, 0.15) is 12.4 Å². The van der Waals surface area contributed by atoms with Gasteiger partial charge >= 0.3 is 11.9 Å². The molecule has 0 saturated heterocycles. The Kier molecular flexibility index (Phi) is 11.4. The lowest BCUT2D eigenvalue weighted by molar-refractivity contribution is -0.143. The zero-order valence-corrected chi connectivity index (χ0v) is 29.0. The van der Waals surface area contributed by atoms with Crippen LogP contribution >= 0.6 is 49.9 Å². The fourth-order valence-corrected chi connectivity index (χ4v) is 7.29. The molecule has 0 aliphatic carbocycles. The molecule has 0 amide bonds. The number of aromatic nitrogens is 1. The van der Waals surface area contributed by atoms with Crippen LogP contribution in [0.4, 0.5) is 0 Å². The van der Waals surface area contributed by atoms with Crippen LogP contribution in [0.2, 0.25) is 0 Å².